The molecule has 0 aliphatic heterocycles. The van der Waals surface area contributed by atoms with Crippen molar-refractivity contribution in [2.75, 3.05) is 0 Å². The van der Waals surface area contributed by atoms with E-state index in [1.54, 1.807) is 0 Å². The lowest BCUT2D eigenvalue weighted by Gasteiger charge is -2.01. The average molecular weight is 353 g/mol. The van der Waals surface area contributed by atoms with Gasteiger partial charge in [-0.15, -0.1) is 0 Å². The number of carbonyl (C=O) groups excluding carboxylic acids is 1. The number of rotatable bonds is 4. The van der Waals surface area contributed by atoms with Crippen LogP contribution in [0.15, 0.2) is 83.6 Å². The van der Waals surface area contributed by atoms with Crippen LogP contribution in [0.2, 0.25) is 0 Å². The number of pyridine rings is 1. The molecule has 0 N–H and O–H groups in total. The van der Waals surface area contributed by atoms with Crippen molar-refractivity contribution in [2.45, 2.75) is 6.54 Å². The molecule has 0 radical (unpaired) electrons. The van der Waals surface area contributed by atoms with E-state index < -0.39 is 0 Å². The van der Waals surface area contributed by atoms with Gasteiger partial charge in [0.05, 0.1) is 0 Å². The molecule has 0 bridgehead atoms. The fourth-order valence-corrected chi connectivity index (χ4v) is 2.54. The highest BCUT2D eigenvalue weighted by molar-refractivity contribution is 9.10. The molecule has 3 rings (SSSR count). The van der Waals surface area contributed by atoms with Gasteiger partial charge in [-0.25, -0.2) is 4.57 Å². The lowest BCUT2D eigenvalue weighted by atomic mass is 10.0. The van der Waals surface area contributed by atoms with Crippen LogP contribution < -0.4 is 4.57 Å². The maximum atomic E-state index is 12.3. The first-order chi connectivity index (χ1) is 10.7. The molecule has 0 unspecified atom stereocenters. The van der Waals surface area contributed by atoms with Gasteiger partial charge in [0.15, 0.2) is 24.7 Å². The molecule has 2 aromatic carbocycles. The second-order valence-corrected chi connectivity index (χ2v) is 6.00. The van der Waals surface area contributed by atoms with Gasteiger partial charge in [-0.1, -0.05) is 58.4 Å². The number of nitrogens with zero attached hydrogens (tertiary/aromatic N) is 1. The van der Waals surface area contributed by atoms with E-state index in [0.29, 0.717) is 11.1 Å². The monoisotopic (exact) mass is 352 g/mol. The molecule has 1 aromatic heterocycles. The van der Waals surface area contributed by atoms with E-state index in [2.05, 4.69) is 32.6 Å². The Hall–Kier alpha value is -2.26. The topological polar surface area (TPSA) is 20.9 Å². The Balaban J connectivity index is 1.75. The van der Waals surface area contributed by atoms with Crippen LogP contribution in [0, 0.1) is 0 Å². The largest absolute Gasteiger partial charge is 0.289 e. The average Bonchev–Trinajstić information content (AvgIpc) is 2.58. The van der Waals surface area contributed by atoms with Crippen LogP contribution in [0.25, 0.3) is 0 Å². The van der Waals surface area contributed by atoms with Gasteiger partial charge in [0.2, 0.25) is 0 Å². The normalized spacial score (nSPS) is 10.4. The summed E-state index contributed by atoms with van der Waals surface area (Å²) < 4.78 is 3.13. The van der Waals surface area contributed by atoms with Crippen molar-refractivity contribution < 1.29 is 9.36 Å². The van der Waals surface area contributed by atoms with Crippen LogP contribution in [-0.4, -0.2) is 5.78 Å². The molecule has 0 aliphatic rings. The summed E-state index contributed by atoms with van der Waals surface area (Å²) in [6, 6.07) is 21.3. The number of aromatic nitrogens is 1. The van der Waals surface area contributed by atoms with Gasteiger partial charge < -0.3 is 0 Å². The van der Waals surface area contributed by atoms with Crippen molar-refractivity contribution in [1.29, 1.82) is 0 Å². The highest BCUT2D eigenvalue weighted by Crippen LogP contribution is 2.11. The van der Waals surface area contributed by atoms with Gasteiger partial charge in [0.1, 0.15) is 0 Å². The Labute approximate surface area is 138 Å². The minimum absolute atomic E-state index is 0.0522. The van der Waals surface area contributed by atoms with Gasteiger partial charge in [-0.05, 0) is 12.1 Å². The molecule has 0 amide bonds. The molecule has 0 saturated heterocycles. The van der Waals surface area contributed by atoms with E-state index in [-0.39, 0.29) is 5.78 Å². The molecule has 0 atom stereocenters. The van der Waals surface area contributed by atoms with Crippen molar-refractivity contribution in [1.82, 2.24) is 0 Å². The van der Waals surface area contributed by atoms with Crippen LogP contribution in [0.5, 0.6) is 0 Å². The molecule has 108 valence electrons. The maximum Gasteiger partial charge on any atom is 0.193 e. The van der Waals surface area contributed by atoms with Gasteiger partial charge in [0.25, 0.3) is 0 Å². The molecule has 0 aliphatic carbocycles. The third kappa shape index (κ3) is 3.49. The molecular formula is C19H15BrNO+. The zero-order chi connectivity index (χ0) is 15.4. The van der Waals surface area contributed by atoms with E-state index >= 15 is 0 Å². The number of ketones is 1. The second kappa shape index (κ2) is 6.67. The number of carbonyl (C=O) groups is 1. The fraction of sp³-hybridized carbons (Fsp3) is 0.0526. The molecule has 3 aromatic rings. The second-order valence-electron chi connectivity index (χ2n) is 5.08. The minimum atomic E-state index is 0.0522. The predicted octanol–water partition coefficient (Wildman–Crippen LogP) is 4.02. The summed E-state index contributed by atoms with van der Waals surface area (Å²) >= 11 is 3.43. The minimum Gasteiger partial charge on any atom is -0.289 e. The van der Waals surface area contributed by atoms with E-state index in [0.717, 1.165) is 11.0 Å². The third-order valence-electron chi connectivity index (χ3n) is 3.47. The highest BCUT2D eigenvalue weighted by Gasteiger charge is 2.10. The van der Waals surface area contributed by atoms with Crippen LogP contribution >= 0.6 is 15.9 Å². The van der Waals surface area contributed by atoms with Crippen molar-refractivity contribution in [3.05, 3.63) is 100 Å². The Bertz CT molecular complexity index is 765. The highest BCUT2D eigenvalue weighted by atomic mass is 79.9. The Morgan fingerprint density at radius 2 is 1.41 bits per heavy atom. The molecular weight excluding hydrogens is 338 g/mol. The number of hydrogen-bond acceptors (Lipinski definition) is 1. The van der Waals surface area contributed by atoms with E-state index in [9.17, 15) is 4.79 Å². The summed E-state index contributed by atoms with van der Waals surface area (Å²) in [6.07, 6.45) is 3.89. The SMILES string of the molecule is O=C(c1ccccc1)c1cc[n+](Cc2ccc(Br)cc2)cc1. The lowest BCUT2D eigenvalue weighted by molar-refractivity contribution is -0.688. The summed E-state index contributed by atoms with van der Waals surface area (Å²) in [6.45, 7) is 0.785. The fourth-order valence-electron chi connectivity index (χ4n) is 2.27. The Morgan fingerprint density at radius 3 is 2.05 bits per heavy atom. The summed E-state index contributed by atoms with van der Waals surface area (Å²) in [7, 11) is 0. The lowest BCUT2D eigenvalue weighted by Crippen LogP contribution is -2.33. The first-order valence-corrected chi connectivity index (χ1v) is 7.85. The van der Waals surface area contributed by atoms with Crippen molar-refractivity contribution in [3.63, 3.8) is 0 Å². The zero-order valence-electron chi connectivity index (χ0n) is 11.9. The quantitative estimate of drug-likeness (QED) is 0.513. The smallest absolute Gasteiger partial charge is 0.193 e. The molecule has 0 spiro atoms. The standard InChI is InChI=1S/C19H15BrNO/c20-18-8-6-15(7-9-18)14-21-12-10-17(11-13-21)19(22)16-4-2-1-3-5-16/h1-13H,14H2/q+1. The van der Waals surface area contributed by atoms with E-state index in [1.807, 2.05) is 67.0 Å². The molecule has 0 fully saturated rings. The van der Waals surface area contributed by atoms with Crippen molar-refractivity contribution in [3.8, 4) is 0 Å². The zero-order valence-corrected chi connectivity index (χ0v) is 13.5. The molecule has 22 heavy (non-hydrogen) atoms. The van der Waals surface area contributed by atoms with E-state index in [1.165, 1.54) is 5.56 Å². The number of hydrogen-bond donors (Lipinski definition) is 0. The van der Waals surface area contributed by atoms with Crippen LogP contribution in [0.1, 0.15) is 21.5 Å². The van der Waals surface area contributed by atoms with Crippen molar-refractivity contribution in [2.24, 2.45) is 0 Å². The summed E-state index contributed by atoms with van der Waals surface area (Å²) in [4.78, 5) is 12.3. The summed E-state index contributed by atoms with van der Waals surface area (Å²) in [5.74, 6) is 0.0522. The molecule has 0 saturated carbocycles. The van der Waals surface area contributed by atoms with Gasteiger partial charge in [-0.3, -0.25) is 4.79 Å². The van der Waals surface area contributed by atoms with Crippen molar-refractivity contribution >= 4 is 21.7 Å². The Kier molecular flexibility index (Phi) is 4.45. The first-order valence-electron chi connectivity index (χ1n) is 7.06. The summed E-state index contributed by atoms with van der Waals surface area (Å²) in [5.41, 5.74) is 2.64. The van der Waals surface area contributed by atoms with Gasteiger partial charge >= 0.3 is 0 Å². The summed E-state index contributed by atoms with van der Waals surface area (Å²) in [5, 5.41) is 0. The van der Waals surface area contributed by atoms with Gasteiger partial charge in [0, 0.05) is 33.3 Å². The number of benzene rings is 2. The molecule has 1 heterocycles. The van der Waals surface area contributed by atoms with Gasteiger partial charge in [-0.2, -0.15) is 0 Å². The maximum absolute atomic E-state index is 12.3. The third-order valence-corrected chi connectivity index (χ3v) is 4.00. The van der Waals surface area contributed by atoms with Crippen LogP contribution in [0.3, 0.4) is 0 Å². The number of halogens is 1. The predicted molar refractivity (Wildman–Crippen MR) is 89.8 cm³/mol. The van der Waals surface area contributed by atoms with Crippen LogP contribution in [0.4, 0.5) is 0 Å². The van der Waals surface area contributed by atoms with E-state index in [4.69, 9.17) is 0 Å². The van der Waals surface area contributed by atoms with Crippen LogP contribution in [-0.2, 0) is 6.54 Å². The molecule has 3 heteroatoms. The Morgan fingerprint density at radius 1 is 0.818 bits per heavy atom. The first kappa shape index (κ1) is 14.7. The molecule has 2 nitrogen and oxygen atoms in total.